The van der Waals surface area contributed by atoms with Gasteiger partial charge in [-0.3, -0.25) is 0 Å². The first-order valence-corrected chi connectivity index (χ1v) is 8.66. The molecule has 5 nitrogen and oxygen atoms in total. The summed E-state index contributed by atoms with van der Waals surface area (Å²) in [6.45, 7) is 6.89. The molecule has 136 valence electrons. The van der Waals surface area contributed by atoms with E-state index in [2.05, 4.69) is 23.7 Å². The molecule has 6 heteroatoms. The van der Waals surface area contributed by atoms with Crippen LogP contribution < -0.4 is 20.1 Å². The first kappa shape index (κ1) is 18.8. The molecule has 0 amide bonds. The van der Waals surface area contributed by atoms with Gasteiger partial charge >= 0.3 is 0 Å². The van der Waals surface area contributed by atoms with Gasteiger partial charge in [0.05, 0.1) is 0 Å². The van der Waals surface area contributed by atoms with Gasteiger partial charge in [-0.05, 0) is 37.1 Å². The third-order valence-electron chi connectivity index (χ3n) is 3.57. The molecule has 0 saturated carbocycles. The molecule has 2 aromatic rings. The van der Waals surface area contributed by atoms with E-state index >= 15 is 0 Å². The van der Waals surface area contributed by atoms with Crippen molar-refractivity contribution in [3.63, 3.8) is 0 Å². The van der Waals surface area contributed by atoms with Gasteiger partial charge in [-0.1, -0.05) is 13.8 Å². The largest absolute Gasteiger partial charge is 0.490 e. The summed E-state index contributed by atoms with van der Waals surface area (Å²) in [6, 6.07) is 9.65. The molecule has 1 heterocycles. The van der Waals surface area contributed by atoms with E-state index in [1.807, 2.05) is 12.1 Å². The van der Waals surface area contributed by atoms with Gasteiger partial charge in [0.15, 0.2) is 0 Å². The maximum atomic E-state index is 12.8. The van der Waals surface area contributed by atoms with Crippen LogP contribution in [0.15, 0.2) is 36.4 Å². The fourth-order valence-corrected chi connectivity index (χ4v) is 2.51. The molecular formula is C19H26FN3O2. The molecular weight excluding hydrogens is 321 g/mol. The Morgan fingerprint density at radius 1 is 1.00 bits per heavy atom. The van der Waals surface area contributed by atoms with Crippen LogP contribution in [0.5, 0.6) is 11.6 Å². The average molecular weight is 347 g/mol. The molecule has 2 rings (SSSR count). The molecule has 0 fully saturated rings. The summed E-state index contributed by atoms with van der Waals surface area (Å²) < 4.78 is 24.0. The van der Waals surface area contributed by atoms with Crippen molar-refractivity contribution in [1.29, 1.82) is 0 Å². The van der Waals surface area contributed by atoms with E-state index in [9.17, 15) is 4.39 Å². The lowest BCUT2D eigenvalue weighted by molar-refractivity contribution is 0.212. The Balaban J connectivity index is 1.91. The van der Waals surface area contributed by atoms with Gasteiger partial charge < -0.3 is 20.1 Å². The molecule has 1 aromatic heterocycles. The molecule has 0 unspecified atom stereocenters. The van der Waals surface area contributed by atoms with E-state index in [-0.39, 0.29) is 5.82 Å². The van der Waals surface area contributed by atoms with E-state index in [4.69, 9.17) is 15.2 Å². The predicted octanol–water partition coefficient (Wildman–Crippen LogP) is 3.89. The fourth-order valence-electron chi connectivity index (χ4n) is 2.51. The van der Waals surface area contributed by atoms with Crippen LogP contribution >= 0.6 is 0 Å². The monoisotopic (exact) mass is 347 g/mol. The summed E-state index contributed by atoms with van der Waals surface area (Å²) in [7, 11) is 0. The highest BCUT2D eigenvalue weighted by Gasteiger charge is 2.09. The number of nitrogens with zero attached hydrogens (tertiary/aromatic N) is 2. The van der Waals surface area contributed by atoms with Crippen molar-refractivity contribution >= 4 is 11.5 Å². The number of nitrogens with two attached hydrogens (primary N) is 1. The van der Waals surface area contributed by atoms with Crippen LogP contribution in [-0.2, 0) is 0 Å². The Kier molecular flexibility index (Phi) is 7.32. The fraction of sp³-hybridized carbons (Fsp3) is 0.421. The lowest BCUT2D eigenvalue weighted by Crippen LogP contribution is -2.25. The third-order valence-corrected chi connectivity index (χ3v) is 3.57. The maximum Gasteiger partial charge on any atom is 0.217 e. The highest BCUT2D eigenvalue weighted by atomic mass is 19.1. The Bertz CT molecular complexity index is 644. The Morgan fingerprint density at radius 3 is 2.28 bits per heavy atom. The minimum atomic E-state index is -0.288. The Hall–Kier alpha value is -2.50. The van der Waals surface area contributed by atoms with Crippen LogP contribution in [0.3, 0.4) is 0 Å². The first-order chi connectivity index (χ1) is 12.1. The third kappa shape index (κ3) is 6.14. The number of hydrogen-bond acceptors (Lipinski definition) is 5. The number of anilines is 2. The van der Waals surface area contributed by atoms with Crippen LogP contribution in [0.2, 0.25) is 0 Å². The van der Waals surface area contributed by atoms with Gasteiger partial charge in [-0.15, -0.1) is 0 Å². The van der Waals surface area contributed by atoms with Crippen molar-refractivity contribution in [2.75, 3.05) is 36.9 Å². The molecule has 2 N–H and O–H groups in total. The zero-order valence-corrected chi connectivity index (χ0v) is 14.9. The number of ether oxygens (including phenoxy) is 2. The lowest BCUT2D eigenvalue weighted by Gasteiger charge is -2.24. The standard InChI is InChI=1S/C19H26FN3O2/c1-3-9-23(10-4-2)16-13-18(21)22-19(14-16)25-12-11-24-17-7-5-15(20)6-8-17/h5-8,13-14H,3-4,9-12H2,1-2H3,(H2,21,22). The van der Waals surface area contributed by atoms with E-state index in [1.165, 1.54) is 12.1 Å². The van der Waals surface area contributed by atoms with Crippen LogP contribution in [-0.4, -0.2) is 31.3 Å². The van der Waals surface area contributed by atoms with Gasteiger partial charge in [0.2, 0.25) is 5.88 Å². The number of aromatic nitrogens is 1. The number of hydrogen-bond donors (Lipinski definition) is 1. The Labute approximate surface area is 148 Å². The molecule has 0 aliphatic carbocycles. The number of nitrogen functional groups attached to an aromatic ring is 1. The number of rotatable bonds is 10. The van der Waals surface area contributed by atoms with Crippen molar-refractivity contribution < 1.29 is 13.9 Å². The van der Waals surface area contributed by atoms with Crippen LogP contribution in [0.4, 0.5) is 15.9 Å². The predicted molar refractivity (Wildman–Crippen MR) is 98.8 cm³/mol. The number of halogens is 1. The molecule has 0 atom stereocenters. The molecule has 0 bridgehead atoms. The normalized spacial score (nSPS) is 10.5. The van der Waals surface area contributed by atoms with E-state index in [0.29, 0.717) is 30.7 Å². The second-order valence-corrected chi connectivity index (χ2v) is 5.73. The average Bonchev–Trinajstić information content (AvgIpc) is 2.59. The molecule has 0 saturated heterocycles. The number of pyridine rings is 1. The highest BCUT2D eigenvalue weighted by Crippen LogP contribution is 2.23. The number of benzene rings is 1. The molecule has 25 heavy (non-hydrogen) atoms. The second-order valence-electron chi connectivity index (χ2n) is 5.73. The second kappa shape index (κ2) is 9.71. The maximum absolute atomic E-state index is 12.8. The van der Waals surface area contributed by atoms with Gasteiger partial charge in [-0.2, -0.15) is 4.98 Å². The first-order valence-electron chi connectivity index (χ1n) is 8.66. The van der Waals surface area contributed by atoms with Crippen molar-refractivity contribution in [3.05, 3.63) is 42.2 Å². The highest BCUT2D eigenvalue weighted by molar-refractivity contribution is 5.55. The zero-order valence-electron chi connectivity index (χ0n) is 14.9. The molecule has 0 radical (unpaired) electrons. The van der Waals surface area contributed by atoms with E-state index in [1.54, 1.807) is 12.1 Å². The van der Waals surface area contributed by atoms with Gasteiger partial charge in [-0.25, -0.2) is 4.39 Å². The summed E-state index contributed by atoms with van der Waals surface area (Å²) in [4.78, 5) is 6.49. The lowest BCUT2D eigenvalue weighted by atomic mass is 10.3. The van der Waals surface area contributed by atoms with Crippen molar-refractivity contribution in [3.8, 4) is 11.6 Å². The topological polar surface area (TPSA) is 60.6 Å². The van der Waals surface area contributed by atoms with E-state index in [0.717, 1.165) is 31.6 Å². The van der Waals surface area contributed by atoms with Gasteiger partial charge in [0.1, 0.15) is 30.6 Å². The summed E-state index contributed by atoms with van der Waals surface area (Å²) in [5, 5.41) is 0. The minimum absolute atomic E-state index is 0.288. The van der Waals surface area contributed by atoms with Crippen LogP contribution in [0.1, 0.15) is 26.7 Å². The SMILES string of the molecule is CCCN(CCC)c1cc(N)nc(OCCOc2ccc(F)cc2)c1. The summed E-state index contributed by atoms with van der Waals surface area (Å²) >= 11 is 0. The summed E-state index contributed by atoms with van der Waals surface area (Å²) in [6.07, 6.45) is 2.12. The van der Waals surface area contributed by atoms with E-state index < -0.39 is 0 Å². The minimum Gasteiger partial charge on any atom is -0.490 e. The van der Waals surface area contributed by atoms with Gasteiger partial charge in [0.25, 0.3) is 0 Å². The summed E-state index contributed by atoms with van der Waals surface area (Å²) in [5.74, 6) is 1.23. The van der Waals surface area contributed by atoms with Crippen molar-refractivity contribution in [2.45, 2.75) is 26.7 Å². The molecule has 0 aliphatic rings. The summed E-state index contributed by atoms with van der Waals surface area (Å²) in [5.41, 5.74) is 6.93. The van der Waals surface area contributed by atoms with Crippen molar-refractivity contribution in [2.24, 2.45) is 0 Å². The zero-order chi connectivity index (χ0) is 18.1. The van der Waals surface area contributed by atoms with Crippen molar-refractivity contribution in [1.82, 2.24) is 4.98 Å². The molecule has 0 spiro atoms. The van der Waals surface area contributed by atoms with Crippen LogP contribution in [0, 0.1) is 5.82 Å². The van der Waals surface area contributed by atoms with Gasteiger partial charge in [0, 0.05) is 30.9 Å². The Morgan fingerprint density at radius 2 is 1.64 bits per heavy atom. The molecule has 1 aromatic carbocycles. The smallest absolute Gasteiger partial charge is 0.217 e. The van der Waals surface area contributed by atoms with Crippen LogP contribution in [0.25, 0.3) is 0 Å². The quantitative estimate of drug-likeness (QED) is 0.661. The molecule has 0 aliphatic heterocycles.